The molecule has 0 aromatic heterocycles. The summed E-state index contributed by atoms with van der Waals surface area (Å²) in [5.74, 6) is 1.02. The molecular formula is C16H33. The van der Waals surface area contributed by atoms with Gasteiger partial charge in [0, 0.05) is 0 Å². The fraction of sp³-hybridized carbons (Fsp3) is 0.938. The highest BCUT2D eigenvalue weighted by Gasteiger charge is 2.06. The van der Waals surface area contributed by atoms with E-state index in [4.69, 9.17) is 0 Å². The van der Waals surface area contributed by atoms with Crippen LogP contribution in [0.4, 0.5) is 0 Å². The Hall–Kier alpha value is 0. The maximum atomic E-state index is 3.91. The van der Waals surface area contributed by atoms with Crippen LogP contribution >= 0.6 is 0 Å². The molecule has 1 unspecified atom stereocenters. The number of hydrogen-bond acceptors (Lipinski definition) is 0. The fourth-order valence-electron chi connectivity index (χ4n) is 2.49. The largest absolute Gasteiger partial charge is 0.0654 e. The van der Waals surface area contributed by atoms with Crippen LogP contribution in [-0.2, 0) is 0 Å². The smallest absolute Gasteiger partial charge is 0.0414 e. The van der Waals surface area contributed by atoms with Crippen LogP contribution in [0.2, 0.25) is 0 Å². The molecule has 16 heavy (non-hydrogen) atoms. The van der Waals surface area contributed by atoms with Gasteiger partial charge in [0.1, 0.15) is 0 Å². The summed E-state index contributed by atoms with van der Waals surface area (Å²) >= 11 is 0. The predicted octanol–water partition coefficient (Wildman–Crippen LogP) is 6.16. The van der Waals surface area contributed by atoms with Crippen molar-refractivity contribution in [3.63, 3.8) is 0 Å². The summed E-state index contributed by atoms with van der Waals surface area (Å²) in [5.41, 5.74) is 0. The van der Waals surface area contributed by atoms with Crippen molar-refractivity contribution in [2.75, 3.05) is 0 Å². The second kappa shape index (κ2) is 13.1. The van der Waals surface area contributed by atoms with E-state index in [1.54, 1.807) is 0 Å². The maximum Gasteiger partial charge on any atom is -0.0414 e. The zero-order valence-corrected chi connectivity index (χ0v) is 11.8. The zero-order valence-electron chi connectivity index (χ0n) is 11.8. The minimum absolute atomic E-state index is 1.02. The summed E-state index contributed by atoms with van der Waals surface area (Å²) in [5, 5.41) is 0. The van der Waals surface area contributed by atoms with Gasteiger partial charge in [-0.1, -0.05) is 97.8 Å². The lowest BCUT2D eigenvalue weighted by atomic mass is 9.91. The molecule has 0 N–H and O–H groups in total. The Morgan fingerprint density at radius 1 is 0.688 bits per heavy atom. The number of unbranched alkanes of at least 4 members (excludes halogenated alkanes) is 6. The molecule has 0 heteroatoms. The van der Waals surface area contributed by atoms with Gasteiger partial charge >= 0.3 is 0 Å². The monoisotopic (exact) mass is 225 g/mol. The first-order chi connectivity index (χ1) is 7.85. The van der Waals surface area contributed by atoms with Gasteiger partial charge in [-0.3, -0.25) is 0 Å². The number of hydrogen-bond donors (Lipinski definition) is 0. The summed E-state index contributed by atoms with van der Waals surface area (Å²) in [6.07, 6.45) is 16.8. The molecule has 0 rings (SSSR count). The van der Waals surface area contributed by atoms with E-state index < -0.39 is 0 Å². The van der Waals surface area contributed by atoms with Crippen molar-refractivity contribution < 1.29 is 0 Å². The lowest BCUT2D eigenvalue weighted by Crippen LogP contribution is -2.00. The van der Waals surface area contributed by atoms with Crippen LogP contribution in [0.5, 0.6) is 0 Å². The van der Waals surface area contributed by atoms with E-state index in [-0.39, 0.29) is 0 Å². The van der Waals surface area contributed by atoms with Gasteiger partial charge in [-0.2, -0.15) is 0 Å². The highest BCUT2D eigenvalue weighted by Crippen LogP contribution is 2.22. The van der Waals surface area contributed by atoms with Crippen molar-refractivity contribution >= 4 is 0 Å². The van der Waals surface area contributed by atoms with Gasteiger partial charge < -0.3 is 0 Å². The van der Waals surface area contributed by atoms with Crippen LogP contribution in [0.3, 0.4) is 0 Å². The standard InChI is InChI=1S/C16H33/c1-4-7-9-11-14-16(13-6-3)15-12-10-8-5-2/h16H,1,4-15H2,2-3H3. The summed E-state index contributed by atoms with van der Waals surface area (Å²) in [6, 6.07) is 0. The Morgan fingerprint density at radius 2 is 1.31 bits per heavy atom. The predicted molar refractivity (Wildman–Crippen MR) is 75.6 cm³/mol. The quantitative estimate of drug-likeness (QED) is 0.349. The zero-order chi connectivity index (χ0) is 12.1. The van der Waals surface area contributed by atoms with Gasteiger partial charge in [-0.15, -0.1) is 0 Å². The summed E-state index contributed by atoms with van der Waals surface area (Å²) in [6.45, 7) is 8.53. The molecular weight excluding hydrogens is 192 g/mol. The first-order valence-corrected chi connectivity index (χ1v) is 7.64. The van der Waals surface area contributed by atoms with Crippen molar-refractivity contribution in [1.82, 2.24) is 0 Å². The SMILES string of the molecule is [CH2]CCCCCC(CCC)CCCCCC. The Bertz CT molecular complexity index is 105. The van der Waals surface area contributed by atoms with Crippen LogP contribution in [0.15, 0.2) is 0 Å². The fourth-order valence-corrected chi connectivity index (χ4v) is 2.49. The summed E-state index contributed by atoms with van der Waals surface area (Å²) in [7, 11) is 0. The third kappa shape index (κ3) is 10.5. The molecule has 1 radical (unpaired) electrons. The molecule has 0 aliphatic heterocycles. The highest BCUT2D eigenvalue weighted by molar-refractivity contribution is 4.60. The molecule has 0 saturated carbocycles. The molecule has 0 bridgehead atoms. The molecule has 0 saturated heterocycles. The molecule has 0 aromatic carbocycles. The molecule has 0 spiro atoms. The van der Waals surface area contributed by atoms with E-state index in [1.165, 1.54) is 70.6 Å². The molecule has 0 heterocycles. The van der Waals surface area contributed by atoms with E-state index in [0.29, 0.717) is 0 Å². The lowest BCUT2D eigenvalue weighted by molar-refractivity contribution is 0.380. The lowest BCUT2D eigenvalue weighted by Gasteiger charge is -2.15. The summed E-state index contributed by atoms with van der Waals surface area (Å²) in [4.78, 5) is 0. The second-order valence-electron chi connectivity index (χ2n) is 5.21. The number of rotatable bonds is 12. The molecule has 0 amide bonds. The molecule has 0 nitrogen and oxygen atoms in total. The van der Waals surface area contributed by atoms with Crippen molar-refractivity contribution in [3.8, 4) is 0 Å². The first kappa shape index (κ1) is 16.0. The van der Waals surface area contributed by atoms with E-state index >= 15 is 0 Å². The minimum atomic E-state index is 1.02. The van der Waals surface area contributed by atoms with Gasteiger partial charge in [0.05, 0.1) is 0 Å². The minimum Gasteiger partial charge on any atom is -0.0654 e. The van der Waals surface area contributed by atoms with Crippen LogP contribution in [0, 0.1) is 12.8 Å². The van der Waals surface area contributed by atoms with Crippen molar-refractivity contribution in [3.05, 3.63) is 6.92 Å². The van der Waals surface area contributed by atoms with E-state index in [1.807, 2.05) is 0 Å². The third-order valence-electron chi connectivity index (χ3n) is 3.53. The Balaban J connectivity index is 3.45. The van der Waals surface area contributed by atoms with Gasteiger partial charge in [-0.05, 0) is 5.92 Å². The normalized spacial score (nSPS) is 11.2. The Kier molecular flexibility index (Phi) is 13.1. The van der Waals surface area contributed by atoms with Crippen LogP contribution < -0.4 is 0 Å². The first-order valence-electron chi connectivity index (χ1n) is 7.64. The topological polar surface area (TPSA) is 0 Å². The average molecular weight is 225 g/mol. The molecule has 0 aromatic rings. The Labute approximate surface area is 104 Å². The van der Waals surface area contributed by atoms with Gasteiger partial charge in [0.25, 0.3) is 0 Å². The van der Waals surface area contributed by atoms with E-state index in [0.717, 1.165) is 12.3 Å². The van der Waals surface area contributed by atoms with Crippen molar-refractivity contribution in [1.29, 1.82) is 0 Å². The molecule has 1 atom stereocenters. The second-order valence-corrected chi connectivity index (χ2v) is 5.21. The summed E-state index contributed by atoms with van der Waals surface area (Å²) < 4.78 is 0. The van der Waals surface area contributed by atoms with Gasteiger partial charge in [0.15, 0.2) is 0 Å². The van der Waals surface area contributed by atoms with Crippen LogP contribution in [0.1, 0.15) is 90.9 Å². The molecule has 0 fully saturated rings. The van der Waals surface area contributed by atoms with Crippen molar-refractivity contribution in [2.45, 2.75) is 90.9 Å². The highest BCUT2D eigenvalue weighted by atomic mass is 14.1. The van der Waals surface area contributed by atoms with Crippen molar-refractivity contribution in [2.24, 2.45) is 5.92 Å². The maximum absolute atomic E-state index is 3.91. The molecule has 0 aliphatic carbocycles. The molecule has 97 valence electrons. The van der Waals surface area contributed by atoms with E-state index in [9.17, 15) is 0 Å². The van der Waals surface area contributed by atoms with Crippen LogP contribution in [0.25, 0.3) is 0 Å². The van der Waals surface area contributed by atoms with Gasteiger partial charge in [-0.25, -0.2) is 0 Å². The average Bonchev–Trinajstić information content (AvgIpc) is 2.30. The third-order valence-corrected chi connectivity index (χ3v) is 3.53. The van der Waals surface area contributed by atoms with Gasteiger partial charge in [0.2, 0.25) is 0 Å². The Morgan fingerprint density at radius 3 is 1.81 bits per heavy atom. The molecule has 0 aliphatic rings. The van der Waals surface area contributed by atoms with Crippen LogP contribution in [-0.4, -0.2) is 0 Å². The van der Waals surface area contributed by atoms with E-state index in [2.05, 4.69) is 20.8 Å².